The molecule has 0 fully saturated rings. The number of amides is 10. The van der Waals surface area contributed by atoms with E-state index in [1.807, 2.05) is 0 Å². The number of carboxylic acids is 2. The van der Waals surface area contributed by atoms with Crippen molar-refractivity contribution >= 4 is 111 Å². The molecule has 37 heteroatoms. The van der Waals surface area contributed by atoms with Gasteiger partial charge in [-0.3, -0.25) is 58.8 Å². The topological polar surface area (TPSA) is 467 Å². The van der Waals surface area contributed by atoms with Gasteiger partial charge in [-0.15, -0.1) is 23.5 Å². The molecule has 0 spiro atoms. The number of alkyl halides is 6. The van der Waals surface area contributed by atoms with Crippen molar-refractivity contribution in [1.29, 1.82) is 0 Å². The number of hydrazine groups is 1. The van der Waals surface area contributed by atoms with E-state index in [0.29, 0.717) is 56.7 Å². The number of carbonyl (C=O) groups is 12. The minimum absolute atomic E-state index is 0.00762. The molecular weight excluding hydrogens is 1390 g/mol. The number of hydrogen-bond donors (Lipinski definition) is 14. The Morgan fingerprint density at radius 3 is 1.30 bits per heavy atom. The van der Waals surface area contributed by atoms with Gasteiger partial charge in [-0.25, -0.2) is 19.3 Å². The van der Waals surface area contributed by atoms with Crippen molar-refractivity contribution in [3.8, 4) is 11.5 Å². The Kier molecular flexibility index (Phi) is 28.0. The van der Waals surface area contributed by atoms with Crippen molar-refractivity contribution in [2.45, 2.75) is 81.2 Å². The number of fused-ring (bicyclic) bond motifs is 1. The van der Waals surface area contributed by atoms with Gasteiger partial charge in [0.15, 0.2) is 0 Å². The number of carbonyl (C=O) groups excluding carboxylic acids is 10. The lowest BCUT2D eigenvalue weighted by Crippen LogP contribution is -2.59. The molecule has 5 aromatic carbocycles. The van der Waals surface area contributed by atoms with Crippen molar-refractivity contribution in [1.82, 2.24) is 42.8 Å². The fourth-order valence-corrected chi connectivity index (χ4v) is 11.5. The molecule has 1 aromatic heterocycles. The zero-order valence-electron chi connectivity index (χ0n) is 52.5. The predicted molar refractivity (Wildman–Crippen MR) is 349 cm³/mol. The second-order valence-corrected chi connectivity index (χ2v) is 23.9. The number of nitrogens with zero attached hydrogens (tertiary/aromatic N) is 1. The van der Waals surface area contributed by atoms with Crippen molar-refractivity contribution in [2.24, 2.45) is 11.5 Å². The molecule has 6 atom stereocenters. The molecule has 0 aliphatic carbocycles. The lowest BCUT2D eigenvalue weighted by molar-refractivity contribution is -0.193. The molecule has 3 heterocycles. The van der Waals surface area contributed by atoms with E-state index in [9.17, 15) is 89.3 Å². The van der Waals surface area contributed by atoms with Gasteiger partial charge in [0.25, 0.3) is 23.6 Å². The molecule has 29 nitrogen and oxygen atoms in total. The molecule has 0 unspecified atom stereocenters. The van der Waals surface area contributed by atoms with Gasteiger partial charge in [-0.2, -0.15) is 26.3 Å². The maximum Gasteiger partial charge on any atom is 0.490 e. The first kappa shape index (κ1) is 78.7. The van der Waals surface area contributed by atoms with E-state index in [-0.39, 0.29) is 58.3 Å². The number of aryl methyl sites for hydroxylation is 1. The minimum atomic E-state index is -5.08. The zero-order valence-corrected chi connectivity index (χ0v) is 54.1. The summed E-state index contributed by atoms with van der Waals surface area (Å²) < 4.78 is 68.8. The fraction of sp³-hybridized carbons (Fsp3) is 0.266. The zero-order chi connectivity index (χ0) is 74.5. The van der Waals surface area contributed by atoms with Crippen molar-refractivity contribution in [2.75, 3.05) is 29.5 Å². The number of nitrogens with two attached hydrogens (primary N) is 2. The van der Waals surface area contributed by atoms with Crippen LogP contribution in [0.15, 0.2) is 152 Å². The maximum absolute atomic E-state index is 14.9. The Labute approximate surface area is 575 Å². The number of carboxylic acid groups (broad SMARTS) is 2. The number of hydrogen-bond acceptors (Lipinski definition) is 20. The van der Waals surface area contributed by atoms with Crippen molar-refractivity contribution in [3.63, 3.8) is 0 Å². The van der Waals surface area contributed by atoms with Gasteiger partial charge in [-0.1, -0.05) is 84.9 Å². The highest BCUT2D eigenvalue weighted by Gasteiger charge is 2.43. The third kappa shape index (κ3) is 24.0. The average Bonchev–Trinajstić information content (AvgIpc) is 1.64. The molecule has 0 saturated heterocycles. The van der Waals surface area contributed by atoms with Crippen LogP contribution in [0.2, 0.25) is 0 Å². The van der Waals surface area contributed by atoms with Crippen LogP contribution in [0.4, 0.5) is 32.0 Å². The van der Waals surface area contributed by atoms with E-state index >= 15 is 0 Å². The number of phenols is 2. The molecule has 16 N–H and O–H groups in total. The molecule has 8 rings (SSSR count). The van der Waals surface area contributed by atoms with Gasteiger partial charge in [0.05, 0.1) is 40.7 Å². The van der Waals surface area contributed by atoms with Gasteiger partial charge in [0.2, 0.25) is 35.4 Å². The van der Waals surface area contributed by atoms with Gasteiger partial charge >= 0.3 is 29.9 Å². The highest BCUT2D eigenvalue weighted by atomic mass is 32.2. The monoisotopic (exact) mass is 1450 g/mol. The van der Waals surface area contributed by atoms with E-state index in [1.165, 1.54) is 72.8 Å². The molecule has 0 saturated carbocycles. The summed E-state index contributed by atoms with van der Waals surface area (Å²) >= 11 is 1.29. The lowest BCUT2D eigenvalue weighted by atomic mass is 10.0. The van der Waals surface area contributed by atoms with Crippen LogP contribution >= 0.6 is 23.5 Å². The molecular formula is C64H63F6N11O18S2. The second kappa shape index (κ2) is 36.0. The Balaban J connectivity index is 0.00000104. The number of benzene rings is 5. The smallest absolute Gasteiger partial charge is 0.490 e. The number of halogens is 6. The van der Waals surface area contributed by atoms with Crippen LogP contribution < -0.4 is 64.7 Å². The summed E-state index contributed by atoms with van der Waals surface area (Å²) in [6.07, 6.45) is -10.6. The first-order valence-electron chi connectivity index (χ1n) is 29.6. The SMILES string of the molecule is Cc1cc(=O)oc2ccc(N3C(=O)C4=C(SC[C@@H](NC(=O)[C@@H](N)Cc5ccc(O)cc5)C(=O)NCC(=O)N[C@@H](Cc5ccccc5)C(=O)NNC(=O)[C@H](Cc5ccccc5)NC(=O)CNC(=O)[C@H](NC(=O)[C@@H](N)Cc5ccc(O)cc5)CS4)C3=O)cc12.O=C(O)C(F)(F)F.O=C(O)C(F)(F)F. The Bertz CT molecular complexity index is 3940. The molecule has 10 amide bonds. The normalized spacial score (nSPS) is 18.3. The minimum Gasteiger partial charge on any atom is -0.508 e. The fourth-order valence-electron chi connectivity index (χ4n) is 9.13. The first-order valence-corrected chi connectivity index (χ1v) is 31.6. The molecule has 0 bridgehead atoms. The highest BCUT2D eigenvalue weighted by Crippen LogP contribution is 2.40. The Morgan fingerprint density at radius 2 is 0.931 bits per heavy atom. The number of phenolic OH excluding ortho intramolecular Hbond substituents is 2. The molecule has 536 valence electrons. The van der Waals surface area contributed by atoms with Crippen molar-refractivity contribution < 1.29 is 109 Å². The van der Waals surface area contributed by atoms with Crippen LogP contribution in [-0.2, 0) is 83.2 Å². The third-order valence-electron chi connectivity index (χ3n) is 14.2. The van der Waals surface area contributed by atoms with E-state index < -0.39 is 150 Å². The largest absolute Gasteiger partial charge is 0.508 e. The molecule has 2 aliphatic rings. The van der Waals surface area contributed by atoms with Gasteiger partial charge in [0.1, 0.15) is 41.2 Å². The number of nitrogens with one attached hydrogen (secondary N) is 8. The summed E-state index contributed by atoms with van der Waals surface area (Å²) in [5.41, 5.74) is 19.5. The summed E-state index contributed by atoms with van der Waals surface area (Å²) in [7, 11) is 0. The number of imide groups is 1. The Hall–Kier alpha value is -11.3. The van der Waals surface area contributed by atoms with Crippen LogP contribution in [0, 0.1) is 6.92 Å². The average molecular weight is 1450 g/mol. The molecule has 101 heavy (non-hydrogen) atoms. The van der Waals surface area contributed by atoms with E-state index in [2.05, 4.69) is 42.8 Å². The van der Waals surface area contributed by atoms with Gasteiger partial charge < -0.3 is 68.2 Å². The lowest BCUT2D eigenvalue weighted by Gasteiger charge is -2.23. The summed E-state index contributed by atoms with van der Waals surface area (Å²) in [5, 5.41) is 49.5. The van der Waals surface area contributed by atoms with Crippen LogP contribution in [0.1, 0.15) is 27.8 Å². The quantitative estimate of drug-likeness (QED) is 0.0440. The van der Waals surface area contributed by atoms with Gasteiger partial charge in [0, 0.05) is 35.8 Å². The van der Waals surface area contributed by atoms with Crippen LogP contribution in [-0.4, -0.2) is 165 Å². The van der Waals surface area contributed by atoms with E-state index in [1.54, 1.807) is 67.6 Å². The summed E-state index contributed by atoms with van der Waals surface area (Å²) in [4.78, 5) is 172. The van der Waals surface area contributed by atoms with Crippen LogP contribution in [0.5, 0.6) is 11.5 Å². The number of aliphatic carboxylic acids is 2. The second-order valence-electron chi connectivity index (χ2n) is 21.9. The van der Waals surface area contributed by atoms with E-state index in [0.717, 1.165) is 4.90 Å². The van der Waals surface area contributed by atoms with E-state index in [4.69, 9.17) is 35.7 Å². The number of aromatic hydroxyl groups is 2. The standard InChI is InChI=1S/C60H61N11O14S2.2C2HF3O2/c1-32-22-50(76)85-47-21-16-37(27-40(32)47)71-59(83)51-52(60(71)84)87-31-46(68-54(78)42(62)24-36-14-19-39(73)20-15-36)56(80)64-29-49(75)66-44(26-34-10-6-3-7-11-34)58(82)70-69-57(81)43(25-33-8-4-2-5-9-33)65-48(74)28-63-55(79)45(30-86-51)67-53(77)41(61)23-35-12-17-38(72)18-13-35;2*3-2(4,5)1(6)7/h2-22,27,41-46,72-73H,23-26,28-31,61-62H2,1H3,(H,63,79)(H,64,80)(H,65,74)(H,66,75)(H,67,77)(H,68,78)(H,69,81)(H,70,82);2*(H,6,7)/t41-,42-,43-,44-,45+,46+;;/m0../s1. The molecule has 0 radical (unpaired) electrons. The highest BCUT2D eigenvalue weighted by molar-refractivity contribution is 8.08. The molecule has 6 aromatic rings. The maximum atomic E-state index is 14.9. The van der Waals surface area contributed by atoms with Crippen LogP contribution in [0.3, 0.4) is 0 Å². The number of anilines is 1. The number of thioether (sulfide) groups is 2. The predicted octanol–water partition coefficient (Wildman–Crippen LogP) is 1.29. The summed E-state index contributed by atoms with van der Waals surface area (Å²) in [5.74, 6) is -15.9. The first-order chi connectivity index (χ1) is 47.6. The van der Waals surface area contributed by atoms with Gasteiger partial charge in [-0.05, 0) is 90.0 Å². The van der Waals surface area contributed by atoms with Crippen LogP contribution in [0.25, 0.3) is 11.0 Å². The summed E-state index contributed by atoms with van der Waals surface area (Å²) in [6.45, 7) is 0.0263. The summed E-state index contributed by atoms with van der Waals surface area (Å²) in [6, 6.07) is 25.4. The van der Waals surface area contributed by atoms with Crippen molar-refractivity contribution in [3.05, 3.63) is 182 Å². The molecule has 2 aliphatic heterocycles. The number of rotatable bonds is 13. The Morgan fingerprint density at radius 1 is 0.554 bits per heavy atom. The third-order valence-corrected chi connectivity index (χ3v) is 16.7.